The summed E-state index contributed by atoms with van der Waals surface area (Å²) in [5, 5.41) is 19.8. The lowest BCUT2D eigenvalue weighted by Gasteiger charge is -2.12. The molecule has 110 valence electrons. The molecule has 0 unspecified atom stereocenters. The molecular formula is C13H17NO6. The SMILES string of the molecule is CCCOc1c(OC)cc(CCC(=O)O)cc1[N+](=O)[O-]. The Balaban J connectivity index is 3.16. The number of nitro groups is 1. The third kappa shape index (κ3) is 4.11. The molecule has 0 fully saturated rings. The van der Waals surface area contributed by atoms with E-state index in [1.54, 1.807) is 6.07 Å². The highest BCUT2D eigenvalue weighted by atomic mass is 16.6. The minimum atomic E-state index is -0.960. The quantitative estimate of drug-likeness (QED) is 0.581. The van der Waals surface area contributed by atoms with E-state index < -0.39 is 10.9 Å². The lowest BCUT2D eigenvalue weighted by Crippen LogP contribution is -2.04. The first-order valence-corrected chi connectivity index (χ1v) is 6.19. The van der Waals surface area contributed by atoms with Gasteiger partial charge in [-0.15, -0.1) is 0 Å². The van der Waals surface area contributed by atoms with E-state index in [4.69, 9.17) is 14.6 Å². The van der Waals surface area contributed by atoms with E-state index in [2.05, 4.69) is 0 Å². The first kappa shape index (κ1) is 15.7. The Bertz CT molecular complexity index is 500. The number of methoxy groups -OCH3 is 1. The number of benzene rings is 1. The number of aryl methyl sites for hydroxylation is 1. The minimum Gasteiger partial charge on any atom is -0.493 e. The zero-order valence-corrected chi connectivity index (χ0v) is 11.4. The van der Waals surface area contributed by atoms with Crippen LogP contribution in [0.15, 0.2) is 12.1 Å². The highest BCUT2D eigenvalue weighted by Crippen LogP contribution is 2.38. The molecule has 0 atom stereocenters. The van der Waals surface area contributed by atoms with Gasteiger partial charge in [0, 0.05) is 12.5 Å². The van der Waals surface area contributed by atoms with E-state index in [-0.39, 0.29) is 30.0 Å². The number of carbonyl (C=O) groups is 1. The Morgan fingerprint density at radius 1 is 1.45 bits per heavy atom. The van der Waals surface area contributed by atoms with E-state index in [0.29, 0.717) is 18.6 Å². The molecule has 0 heterocycles. The molecule has 0 aliphatic heterocycles. The van der Waals surface area contributed by atoms with Gasteiger partial charge in [0.15, 0.2) is 5.75 Å². The van der Waals surface area contributed by atoms with Crippen molar-refractivity contribution in [3.05, 3.63) is 27.8 Å². The van der Waals surface area contributed by atoms with Gasteiger partial charge in [-0.3, -0.25) is 14.9 Å². The predicted octanol–water partition coefficient (Wildman–Crippen LogP) is 2.41. The number of aliphatic carboxylic acids is 1. The number of ether oxygens (including phenoxy) is 2. The van der Waals surface area contributed by atoms with E-state index in [1.807, 2.05) is 6.92 Å². The molecule has 0 aliphatic rings. The van der Waals surface area contributed by atoms with Gasteiger partial charge in [-0.05, 0) is 24.5 Å². The summed E-state index contributed by atoms with van der Waals surface area (Å²) in [6.45, 7) is 2.23. The van der Waals surface area contributed by atoms with Gasteiger partial charge in [0.25, 0.3) is 0 Å². The van der Waals surface area contributed by atoms with Gasteiger partial charge in [-0.25, -0.2) is 0 Å². The summed E-state index contributed by atoms with van der Waals surface area (Å²) in [5.74, 6) is -0.635. The molecule has 20 heavy (non-hydrogen) atoms. The second-order valence-corrected chi connectivity index (χ2v) is 4.15. The number of hydrogen-bond acceptors (Lipinski definition) is 5. The summed E-state index contributed by atoms with van der Waals surface area (Å²) in [6.07, 6.45) is 0.803. The molecule has 0 amide bonds. The zero-order valence-electron chi connectivity index (χ0n) is 11.4. The summed E-state index contributed by atoms with van der Waals surface area (Å²) >= 11 is 0. The fourth-order valence-corrected chi connectivity index (χ4v) is 1.68. The van der Waals surface area contributed by atoms with Crippen LogP contribution < -0.4 is 9.47 Å². The molecule has 0 spiro atoms. The Labute approximate surface area is 116 Å². The number of nitrogens with zero attached hydrogens (tertiary/aromatic N) is 1. The van der Waals surface area contributed by atoms with Crippen molar-refractivity contribution in [1.29, 1.82) is 0 Å². The van der Waals surface area contributed by atoms with Gasteiger partial charge < -0.3 is 14.6 Å². The summed E-state index contributed by atoms with van der Waals surface area (Å²) in [6, 6.07) is 2.90. The third-order valence-electron chi connectivity index (χ3n) is 2.59. The van der Waals surface area contributed by atoms with Crippen LogP contribution in [0.25, 0.3) is 0 Å². The summed E-state index contributed by atoms with van der Waals surface area (Å²) in [7, 11) is 1.39. The predicted molar refractivity (Wildman–Crippen MR) is 71.4 cm³/mol. The van der Waals surface area contributed by atoms with Crippen molar-refractivity contribution in [2.45, 2.75) is 26.2 Å². The molecule has 0 aliphatic carbocycles. The lowest BCUT2D eigenvalue weighted by molar-refractivity contribution is -0.386. The van der Waals surface area contributed by atoms with Crippen molar-refractivity contribution in [2.75, 3.05) is 13.7 Å². The number of carboxylic acid groups (broad SMARTS) is 1. The van der Waals surface area contributed by atoms with Crippen LogP contribution in [0, 0.1) is 10.1 Å². The van der Waals surface area contributed by atoms with Crippen LogP contribution >= 0.6 is 0 Å². The monoisotopic (exact) mass is 283 g/mol. The number of nitro benzene ring substituents is 1. The largest absolute Gasteiger partial charge is 0.493 e. The topological polar surface area (TPSA) is 98.9 Å². The van der Waals surface area contributed by atoms with E-state index >= 15 is 0 Å². The van der Waals surface area contributed by atoms with E-state index in [9.17, 15) is 14.9 Å². The van der Waals surface area contributed by atoms with Gasteiger partial charge in [0.05, 0.1) is 18.6 Å². The van der Waals surface area contributed by atoms with Crippen LogP contribution in [-0.2, 0) is 11.2 Å². The summed E-state index contributed by atoms with van der Waals surface area (Å²) in [5.41, 5.74) is 0.318. The van der Waals surface area contributed by atoms with Crippen LogP contribution in [0.3, 0.4) is 0 Å². The lowest BCUT2D eigenvalue weighted by atomic mass is 10.1. The van der Waals surface area contributed by atoms with Crippen molar-refractivity contribution in [3.8, 4) is 11.5 Å². The minimum absolute atomic E-state index is 0.0819. The van der Waals surface area contributed by atoms with Crippen molar-refractivity contribution in [1.82, 2.24) is 0 Å². The molecule has 0 aromatic heterocycles. The number of rotatable bonds is 8. The third-order valence-corrected chi connectivity index (χ3v) is 2.59. The molecular weight excluding hydrogens is 266 g/mol. The number of carboxylic acids is 1. The van der Waals surface area contributed by atoms with Crippen molar-refractivity contribution >= 4 is 11.7 Å². The summed E-state index contributed by atoms with van der Waals surface area (Å²) in [4.78, 5) is 21.1. The maximum atomic E-state index is 11.1. The first-order valence-electron chi connectivity index (χ1n) is 6.19. The van der Waals surface area contributed by atoms with Crippen molar-refractivity contribution < 1.29 is 24.3 Å². The maximum Gasteiger partial charge on any atom is 0.315 e. The van der Waals surface area contributed by atoms with Gasteiger partial charge in [-0.1, -0.05) is 6.92 Å². The molecule has 0 saturated carbocycles. The Morgan fingerprint density at radius 3 is 2.65 bits per heavy atom. The van der Waals surface area contributed by atoms with Gasteiger partial charge >= 0.3 is 11.7 Å². The molecule has 7 heteroatoms. The normalized spacial score (nSPS) is 10.1. The van der Waals surface area contributed by atoms with Crippen LogP contribution in [-0.4, -0.2) is 29.7 Å². The molecule has 1 N–H and O–H groups in total. The number of hydrogen-bond donors (Lipinski definition) is 1. The molecule has 1 rings (SSSR count). The second kappa shape index (κ2) is 7.32. The summed E-state index contributed by atoms with van der Waals surface area (Å²) < 4.78 is 10.5. The Hall–Kier alpha value is -2.31. The Kier molecular flexibility index (Phi) is 5.76. The van der Waals surface area contributed by atoms with E-state index in [0.717, 1.165) is 0 Å². The molecule has 7 nitrogen and oxygen atoms in total. The molecule has 1 aromatic rings. The van der Waals surface area contributed by atoms with Crippen LogP contribution in [0.4, 0.5) is 5.69 Å². The van der Waals surface area contributed by atoms with E-state index in [1.165, 1.54) is 13.2 Å². The standard InChI is InChI=1S/C13H17NO6/c1-3-6-20-13-10(14(17)18)7-9(4-5-12(15)16)8-11(13)19-2/h7-8H,3-6H2,1-2H3,(H,15,16). The highest BCUT2D eigenvalue weighted by molar-refractivity contribution is 5.67. The molecule has 0 bridgehead atoms. The average Bonchev–Trinajstić information content (AvgIpc) is 2.42. The smallest absolute Gasteiger partial charge is 0.315 e. The second-order valence-electron chi connectivity index (χ2n) is 4.15. The van der Waals surface area contributed by atoms with Gasteiger partial charge in [-0.2, -0.15) is 0 Å². The zero-order chi connectivity index (χ0) is 15.1. The molecule has 1 aromatic carbocycles. The van der Waals surface area contributed by atoms with Crippen molar-refractivity contribution in [3.63, 3.8) is 0 Å². The van der Waals surface area contributed by atoms with Crippen LogP contribution in [0.2, 0.25) is 0 Å². The van der Waals surface area contributed by atoms with Crippen LogP contribution in [0.5, 0.6) is 11.5 Å². The highest BCUT2D eigenvalue weighted by Gasteiger charge is 2.22. The van der Waals surface area contributed by atoms with Gasteiger partial charge in [0.2, 0.25) is 5.75 Å². The molecule has 0 radical (unpaired) electrons. The Morgan fingerprint density at radius 2 is 2.15 bits per heavy atom. The van der Waals surface area contributed by atoms with Gasteiger partial charge in [0.1, 0.15) is 0 Å². The average molecular weight is 283 g/mol. The first-order chi connectivity index (χ1) is 9.49. The maximum absolute atomic E-state index is 11.1. The fraction of sp³-hybridized carbons (Fsp3) is 0.462. The van der Waals surface area contributed by atoms with Crippen LogP contribution in [0.1, 0.15) is 25.3 Å². The molecule has 0 saturated heterocycles. The fourth-order valence-electron chi connectivity index (χ4n) is 1.68. The van der Waals surface area contributed by atoms with Crippen molar-refractivity contribution in [2.24, 2.45) is 0 Å².